The van der Waals surface area contributed by atoms with E-state index in [4.69, 9.17) is 9.72 Å². The highest BCUT2D eigenvalue weighted by molar-refractivity contribution is 7.99. The predicted octanol–water partition coefficient (Wildman–Crippen LogP) is 1.30. The molecule has 1 aliphatic rings. The highest BCUT2D eigenvalue weighted by Crippen LogP contribution is 2.24. The van der Waals surface area contributed by atoms with Crippen LogP contribution in [0.3, 0.4) is 0 Å². The molecular weight excluding hydrogens is 404 g/mol. The maximum absolute atomic E-state index is 11.6. The van der Waals surface area contributed by atoms with E-state index in [0.717, 1.165) is 49.1 Å². The number of aromatic nitrogens is 6. The van der Waals surface area contributed by atoms with Crippen molar-refractivity contribution in [1.29, 1.82) is 0 Å². The monoisotopic (exact) mass is 428 g/mol. The van der Waals surface area contributed by atoms with Gasteiger partial charge in [-0.15, -0.1) is 5.10 Å². The Balaban J connectivity index is 1.58. The predicted molar refractivity (Wildman–Crippen MR) is 114 cm³/mol. The van der Waals surface area contributed by atoms with Gasteiger partial charge in [0.2, 0.25) is 11.1 Å². The van der Waals surface area contributed by atoms with Crippen LogP contribution in [0.2, 0.25) is 0 Å². The first-order chi connectivity index (χ1) is 14.5. The molecule has 0 radical (unpaired) electrons. The zero-order chi connectivity index (χ0) is 21.1. The number of anilines is 1. The van der Waals surface area contributed by atoms with Gasteiger partial charge in [-0.25, -0.2) is 15.0 Å². The smallest absolute Gasteiger partial charge is 0.316 e. The fourth-order valence-electron chi connectivity index (χ4n) is 3.22. The minimum atomic E-state index is -0.288. The molecule has 0 N–H and O–H groups in total. The summed E-state index contributed by atoms with van der Waals surface area (Å²) >= 11 is 1.23. The second kappa shape index (κ2) is 8.92. The molecule has 10 nitrogen and oxygen atoms in total. The highest BCUT2D eigenvalue weighted by atomic mass is 32.2. The number of fused-ring (bicyclic) bond motifs is 1. The van der Waals surface area contributed by atoms with Crippen molar-refractivity contribution in [3.05, 3.63) is 24.2 Å². The molecule has 0 aliphatic carbocycles. The lowest BCUT2D eigenvalue weighted by atomic mass is 10.2. The number of aryl methyl sites for hydroxylation is 1. The summed E-state index contributed by atoms with van der Waals surface area (Å²) in [7, 11) is 2.12. The van der Waals surface area contributed by atoms with E-state index in [1.807, 2.05) is 13.0 Å². The highest BCUT2D eigenvalue weighted by Gasteiger charge is 2.18. The maximum Gasteiger partial charge on any atom is 0.316 e. The molecule has 1 aliphatic heterocycles. The normalized spacial score (nSPS) is 15.0. The molecule has 0 unspecified atom stereocenters. The van der Waals surface area contributed by atoms with Gasteiger partial charge < -0.3 is 14.5 Å². The van der Waals surface area contributed by atoms with Crippen molar-refractivity contribution in [2.45, 2.75) is 19.0 Å². The number of thioether (sulfide) groups is 1. The van der Waals surface area contributed by atoms with Gasteiger partial charge in [0.1, 0.15) is 0 Å². The van der Waals surface area contributed by atoms with Crippen molar-refractivity contribution >= 4 is 29.5 Å². The zero-order valence-electron chi connectivity index (χ0n) is 17.3. The van der Waals surface area contributed by atoms with E-state index in [9.17, 15) is 4.79 Å². The van der Waals surface area contributed by atoms with E-state index in [1.165, 1.54) is 11.8 Å². The number of esters is 1. The quantitative estimate of drug-likeness (QED) is 0.422. The summed E-state index contributed by atoms with van der Waals surface area (Å²) in [6.07, 6.45) is 3.54. The van der Waals surface area contributed by atoms with Crippen LogP contribution < -0.4 is 4.90 Å². The summed E-state index contributed by atoms with van der Waals surface area (Å²) in [6, 6.07) is 1.88. The Morgan fingerprint density at radius 1 is 1.20 bits per heavy atom. The van der Waals surface area contributed by atoms with Crippen molar-refractivity contribution in [1.82, 2.24) is 34.4 Å². The zero-order valence-corrected chi connectivity index (χ0v) is 18.1. The number of hydrogen-bond acceptors (Lipinski definition) is 10. The third-order valence-corrected chi connectivity index (χ3v) is 5.73. The van der Waals surface area contributed by atoms with E-state index in [2.05, 4.69) is 36.9 Å². The number of nitrogens with zero attached hydrogens (tertiary/aromatic N) is 8. The summed E-state index contributed by atoms with van der Waals surface area (Å²) in [5.74, 6) is 1.08. The van der Waals surface area contributed by atoms with Crippen molar-refractivity contribution in [2.24, 2.45) is 0 Å². The van der Waals surface area contributed by atoms with Gasteiger partial charge in [0, 0.05) is 44.1 Å². The molecule has 4 rings (SSSR count). The summed E-state index contributed by atoms with van der Waals surface area (Å²) in [4.78, 5) is 34.1. The van der Waals surface area contributed by atoms with Crippen LogP contribution in [0.4, 0.5) is 5.95 Å². The number of hydrogen-bond donors (Lipinski definition) is 0. The molecule has 1 fully saturated rings. The van der Waals surface area contributed by atoms with Gasteiger partial charge in [0.15, 0.2) is 0 Å². The molecule has 0 bridgehead atoms. The molecule has 0 atom stereocenters. The number of piperazine rings is 1. The Kier molecular flexibility index (Phi) is 6.09. The maximum atomic E-state index is 11.6. The largest absolute Gasteiger partial charge is 0.465 e. The first kappa shape index (κ1) is 20.5. The molecule has 0 aromatic carbocycles. The Labute approximate surface area is 178 Å². The van der Waals surface area contributed by atoms with E-state index in [1.54, 1.807) is 23.8 Å². The second-order valence-corrected chi connectivity index (χ2v) is 7.93. The van der Waals surface area contributed by atoms with Crippen LogP contribution in [0.25, 0.3) is 17.0 Å². The molecule has 11 heteroatoms. The number of carbonyl (C=O) groups is 1. The van der Waals surface area contributed by atoms with Gasteiger partial charge in [-0.1, -0.05) is 11.8 Å². The molecule has 158 valence electrons. The van der Waals surface area contributed by atoms with Crippen molar-refractivity contribution in [3.63, 3.8) is 0 Å². The minimum absolute atomic E-state index is 0.164. The lowest BCUT2D eigenvalue weighted by molar-refractivity contribution is -0.139. The van der Waals surface area contributed by atoms with Gasteiger partial charge >= 0.3 is 5.97 Å². The SMILES string of the molecule is CCOC(=O)CSc1nc2ncc(-c3ccnc(N4CCN(C)CC4)n3)c(C)n2n1. The number of carbonyl (C=O) groups excluding carboxylic acids is 1. The van der Waals surface area contributed by atoms with Crippen LogP contribution in [0.1, 0.15) is 12.6 Å². The molecule has 3 aromatic heterocycles. The number of likely N-dealkylation sites (N-methyl/N-ethyl adjacent to an activating group) is 1. The topological polar surface area (TPSA) is 102 Å². The summed E-state index contributed by atoms with van der Waals surface area (Å²) in [6.45, 7) is 7.88. The summed E-state index contributed by atoms with van der Waals surface area (Å²) in [5, 5.41) is 4.97. The van der Waals surface area contributed by atoms with E-state index in [-0.39, 0.29) is 11.7 Å². The average Bonchev–Trinajstić information content (AvgIpc) is 3.18. The minimum Gasteiger partial charge on any atom is -0.465 e. The fraction of sp³-hybridized carbons (Fsp3) is 0.474. The van der Waals surface area contributed by atoms with Crippen LogP contribution in [0, 0.1) is 6.92 Å². The van der Waals surface area contributed by atoms with Gasteiger partial charge in [0.25, 0.3) is 5.78 Å². The van der Waals surface area contributed by atoms with Crippen LogP contribution >= 0.6 is 11.8 Å². The standard InChI is InChI=1S/C19H24N8O2S/c1-4-29-16(28)12-30-19-23-18-21-11-14(13(2)27(18)24-19)15-5-6-20-17(22-15)26-9-7-25(3)8-10-26/h5-6,11H,4,7-10,12H2,1-3H3. The van der Waals surface area contributed by atoms with Crippen LogP contribution in [0.5, 0.6) is 0 Å². The molecule has 3 aromatic rings. The van der Waals surface area contributed by atoms with Gasteiger partial charge in [-0.05, 0) is 27.0 Å². The molecule has 30 heavy (non-hydrogen) atoms. The fourth-order valence-corrected chi connectivity index (χ4v) is 3.84. The number of rotatable bonds is 6. The lowest BCUT2D eigenvalue weighted by Gasteiger charge is -2.32. The van der Waals surface area contributed by atoms with Gasteiger partial charge in [0.05, 0.1) is 23.7 Å². The lowest BCUT2D eigenvalue weighted by Crippen LogP contribution is -2.45. The molecule has 0 amide bonds. The van der Waals surface area contributed by atoms with Crippen molar-refractivity contribution in [3.8, 4) is 11.3 Å². The van der Waals surface area contributed by atoms with E-state index >= 15 is 0 Å². The number of ether oxygens (including phenoxy) is 1. The van der Waals surface area contributed by atoms with Crippen molar-refractivity contribution < 1.29 is 9.53 Å². The first-order valence-electron chi connectivity index (χ1n) is 9.83. The third-order valence-electron chi connectivity index (χ3n) is 4.92. The Morgan fingerprint density at radius 3 is 2.77 bits per heavy atom. The Morgan fingerprint density at radius 2 is 2.00 bits per heavy atom. The van der Waals surface area contributed by atoms with Gasteiger partial charge in [-0.2, -0.15) is 9.50 Å². The van der Waals surface area contributed by atoms with Crippen LogP contribution in [-0.2, 0) is 9.53 Å². The molecule has 4 heterocycles. The Bertz CT molecular complexity index is 1050. The summed E-state index contributed by atoms with van der Waals surface area (Å²) in [5.41, 5.74) is 2.53. The molecule has 1 saturated heterocycles. The van der Waals surface area contributed by atoms with Crippen LogP contribution in [-0.4, -0.2) is 86.0 Å². The third kappa shape index (κ3) is 4.36. The first-order valence-corrected chi connectivity index (χ1v) is 10.8. The second-order valence-electron chi connectivity index (χ2n) is 6.99. The van der Waals surface area contributed by atoms with Crippen molar-refractivity contribution in [2.75, 3.05) is 50.5 Å². The average molecular weight is 429 g/mol. The van der Waals surface area contributed by atoms with E-state index < -0.39 is 0 Å². The Hall–Kier alpha value is -2.79. The molecule has 0 spiro atoms. The molecular formula is C19H24N8O2S. The summed E-state index contributed by atoms with van der Waals surface area (Å²) < 4.78 is 6.63. The van der Waals surface area contributed by atoms with Crippen LogP contribution in [0.15, 0.2) is 23.6 Å². The molecule has 0 saturated carbocycles. The van der Waals surface area contributed by atoms with E-state index in [0.29, 0.717) is 17.5 Å². The van der Waals surface area contributed by atoms with Gasteiger partial charge in [-0.3, -0.25) is 4.79 Å².